The van der Waals surface area contributed by atoms with E-state index in [-0.39, 0.29) is 0 Å². The highest BCUT2D eigenvalue weighted by molar-refractivity contribution is 7.09. The highest BCUT2D eigenvalue weighted by Gasteiger charge is 2.36. The van der Waals surface area contributed by atoms with E-state index in [2.05, 4.69) is 38.1 Å². The molecule has 0 unspecified atom stereocenters. The molecule has 2 saturated carbocycles. The van der Waals surface area contributed by atoms with Gasteiger partial charge in [0.15, 0.2) is 0 Å². The van der Waals surface area contributed by atoms with E-state index in [0.717, 1.165) is 37.1 Å². The van der Waals surface area contributed by atoms with Crippen molar-refractivity contribution >= 4 is 17.2 Å². The number of piperidine rings is 1. The number of likely N-dealkylation sites (tertiary alicyclic amines) is 1. The van der Waals surface area contributed by atoms with Gasteiger partial charge in [0.25, 0.3) is 0 Å². The minimum absolute atomic E-state index is 0.616. The van der Waals surface area contributed by atoms with Crippen molar-refractivity contribution in [1.82, 2.24) is 19.9 Å². The monoisotopic (exact) mass is 369 g/mol. The van der Waals surface area contributed by atoms with E-state index in [1.165, 1.54) is 49.2 Å². The van der Waals surface area contributed by atoms with Gasteiger partial charge in [-0.25, -0.2) is 15.0 Å². The van der Waals surface area contributed by atoms with Gasteiger partial charge in [-0.15, -0.1) is 11.3 Å². The van der Waals surface area contributed by atoms with Crippen molar-refractivity contribution in [2.24, 2.45) is 0 Å². The molecule has 3 heterocycles. The first-order valence-corrected chi connectivity index (χ1v) is 10.9. The molecule has 2 aromatic rings. The molecular weight excluding hydrogens is 342 g/mol. The van der Waals surface area contributed by atoms with Gasteiger partial charge in [0.2, 0.25) is 0 Å². The third kappa shape index (κ3) is 3.62. The van der Waals surface area contributed by atoms with Crippen LogP contribution in [0.1, 0.15) is 60.8 Å². The van der Waals surface area contributed by atoms with Gasteiger partial charge in [-0.3, -0.25) is 4.90 Å². The van der Waals surface area contributed by atoms with E-state index in [1.807, 2.05) is 11.3 Å². The fourth-order valence-electron chi connectivity index (χ4n) is 4.10. The summed E-state index contributed by atoms with van der Waals surface area (Å²) in [5.41, 5.74) is 2.34. The van der Waals surface area contributed by atoms with Crippen LogP contribution in [0.5, 0.6) is 0 Å². The number of hydrogen-bond donors (Lipinski definition) is 0. The Labute approximate surface area is 159 Å². The number of aromatic nitrogens is 3. The van der Waals surface area contributed by atoms with E-state index in [9.17, 15) is 0 Å². The summed E-state index contributed by atoms with van der Waals surface area (Å²) in [4.78, 5) is 18.9. The lowest BCUT2D eigenvalue weighted by atomic mass is 10.0. The third-order valence-electron chi connectivity index (χ3n) is 5.83. The molecule has 0 aromatic carbocycles. The normalized spacial score (nSPS) is 21.9. The SMILES string of the molecule is Cc1cc(N(C2CC2)C2CCN(Cc3csc(C4CC4)n3)CC2)ncn1. The second-order valence-corrected chi connectivity index (χ2v) is 9.00. The van der Waals surface area contributed by atoms with E-state index in [4.69, 9.17) is 4.98 Å². The summed E-state index contributed by atoms with van der Waals surface area (Å²) in [5, 5.41) is 3.65. The second kappa shape index (κ2) is 6.89. The molecule has 0 bridgehead atoms. The molecule has 138 valence electrons. The van der Waals surface area contributed by atoms with Crippen LogP contribution in [0.3, 0.4) is 0 Å². The Hall–Kier alpha value is -1.53. The standard InChI is InChI=1S/C20H27N5S/c1-14-10-19(22-13-21-14)25(17-4-5-17)18-6-8-24(9-7-18)11-16-12-26-20(23-16)15-2-3-15/h10,12-13,15,17-18H,2-9,11H2,1H3. The van der Waals surface area contributed by atoms with Crippen LogP contribution in [0.4, 0.5) is 5.82 Å². The van der Waals surface area contributed by atoms with Crippen LogP contribution in [0.25, 0.3) is 0 Å². The fourth-order valence-corrected chi connectivity index (χ4v) is 5.09. The van der Waals surface area contributed by atoms with Crippen LogP contribution in [0.15, 0.2) is 17.8 Å². The lowest BCUT2D eigenvalue weighted by Gasteiger charge is -2.39. The Kier molecular flexibility index (Phi) is 4.41. The maximum atomic E-state index is 4.87. The highest BCUT2D eigenvalue weighted by atomic mass is 32.1. The Balaban J connectivity index is 1.21. The number of hydrogen-bond acceptors (Lipinski definition) is 6. The summed E-state index contributed by atoms with van der Waals surface area (Å²) < 4.78 is 0. The quantitative estimate of drug-likeness (QED) is 0.776. The first-order chi connectivity index (χ1) is 12.8. The van der Waals surface area contributed by atoms with Crippen LogP contribution < -0.4 is 4.90 Å². The van der Waals surface area contributed by atoms with Crippen molar-refractivity contribution in [3.8, 4) is 0 Å². The van der Waals surface area contributed by atoms with E-state index in [0.29, 0.717) is 12.1 Å². The molecule has 0 atom stereocenters. The number of nitrogens with zero attached hydrogens (tertiary/aromatic N) is 5. The maximum Gasteiger partial charge on any atom is 0.132 e. The van der Waals surface area contributed by atoms with Gasteiger partial charge in [-0.1, -0.05) is 0 Å². The summed E-state index contributed by atoms with van der Waals surface area (Å²) in [7, 11) is 0. The minimum atomic E-state index is 0.616. The van der Waals surface area contributed by atoms with Crippen molar-refractivity contribution in [3.63, 3.8) is 0 Å². The summed E-state index contributed by atoms with van der Waals surface area (Å²) in [6, 6.07) is 3.46. The van der Waals surface area contributed by atoms with Crippen LogP contribution in [-0.2, 0) is 6.54 Å². The van der Waals surface area contributed by atoms with E-state index < -0.39 is 0 Å². The van der Waals surface area contributed by atoms with Gasteiger partial charge < -0.3 is 4.90 Å². The topological polar surface area (TPSA) is 45.2 Å². The van der Waals surface area contributed by atoms with Gasteiger partial charge in [0.05, 0.1) is 10.7 Å². The lowest BCUT2D eigenvalue weighted by Crippen LogP contribution is -2.46. The molecule has 5 nitrogen and oxygen atoms in total. The number of aryl methyl sites for hydroxylation is 1. The van der Waals surface area contributed by atoms with E-state index >= 15 is 0 Å². The Bertz CT molecular complexity index is 759. The van der Waals surface area contributed by atoms with Gasteiger partial charge in [-0.2, -0.15) is 0 Å². The molecule has 5 rings (SSSR count). The van der Waals surface area contributed by atoms with Crippen LogP contribution in [-0.4, -0.2) is 45.0 Å². The lowest BCUT2D eigenvalue weighted by molar-refractivity contribution is 0.198. The van der Waals surface area contributed by atoms with Crippen LogP contribution >= 0.6 is 11.3 Å². The number of anilines is 1. The summed E-state index contributed by atoms with van der Waals surface area (Å²) in [5.74, 6) is 1.91. The average Bonchev–Trinajstić information content (AvgIpc) is 3.57. The number of rotatable bonds is 6. The smallest absolute Gasteiger partial charge is 0.132 e. The number of thiazole rings is 1. The minimum Gasteiger partial charge on any atom is -0.350 e. The second-order valence-electron chi connectivity index (χ2n) is 8.11. The zero-order valence-electron chi connectivity index (χ0n) is 15.5. The zero-order valence-corrected chi connectivity index (χ0v) is 16.3. The largest absolute Gasteiger partial charge is 0.350 e. The van der Waals surface area contributed by atoms with Gasteiger partial charge in [-0.05, 0) is 45.4 Å². The zero-order chi connectivity index (χ0) is 17.5. The predicted molar refractivity (Wildman–Crippen MR) is 105 cm³/mol. The molecule has 0 amide bonds. The molecular formula is C20H27N5S. The molecule has 2 aliphatic carbocycles. The molecule has 0 spiro atoms. The highest BCUT2D eigenvalue weighted by Crippen LogP contribution is 2.41. The Morgan fingerprint density at radius 3 is 2.54 bits per heavy atom. The Morgan fingerprint density at radius 2 is 1.85 bits per heavy atom. The molecule has 6 heteroatoms. The molecule has 2 aromatic heterocycles. The average molecular weight is 370 g/mol. The summed E-state index contributed by atoms with van der Waals surface area (Å²) in [6.45, 7) is 5.40. The first-order valence-electron chi connectivity index (χ1n) is 10.00. The predicted octanol–water partition coefficient (Wildman–Crippen LogP) is 3.75. The third-order valence-corrected chi connectivity index (χ3v) is 6.88. The van der Waals surface area contributed by atoms with Crippen molar-refractivity contribution < 1.29 is 0 Å². The van der Waals surface area contributed by atoms with E-state index in [1.54, 1.807) is 6.33 Å². The Morgan fingerprint density at radius 1 is 1.08 bits per heavy atom. The van der Waals surface area contributed by atoms with Crippen LogP contribution in [0, 0.1) is 6.92 Å². The molecule has 0 N–H and O–H groups in total. The molecule has 26 heavy (non-hydrogen) atoms. The van der Waals surface area contributed by atoms with Gasteiger partial charge >= 0.3 is 0 Å². The molecule has 1 saturated heterocycles. The van der Waals surface area contributed by atoms with Crippen molar-refractivity contribution in [2.75, 3.05) is 18.0 Å². The molecule has 3 fully saturated rings. The van der Waals surface area contributed by atoms with Crippen molar-refractivity contribution in [3.05, 3.63) is 34.2 Å². The molecule has 1 aliphatic heterocycles. The van der Waals surface area contributed by atoms with Crippen molar-refractivity contribution in [1.29, 1.82) is 0 Å². The maximum absolute atomic E-state index is 4.87. The molecule has 3 aliphatic rings. The fraction of sp³-hybridized carbons (Fsp3) is 0.650. The van der Waals surface area contributed by atoms with Gasteiger partial charge in [0.1, 0.15) is 12.1 Å². The summed E-state index contributed by atoms with van der Waals surface area (Å²) >= 11 is 1.86. The molecule has 0 radical (unpaired) electrons. The van der Waals surface area contributed by atoms with Gasteiger partial charge in [0, 0.05) is 54.8 Å². The summed E-state index contributed by atoms with van der Waals surface area (Å²) in [6.07, 6.45) is 9.47. The van der Waals surface area contributed by atoms with Crippen LogP contribution in [0.2, 0.25) is 0 Å². The first kappa shape index (κ1) is 16.6. The van der Waals surface area contributed by atoms with Crippen molar-refractivity contribution in [2.45, 2.75) is 70.0 Å².